The minimum Gasteiger partial charge on any atom is -0.494 e. The van der Waals surface area contributed by atoms with Gasteiger partial charge in [0.15, 0.2) is 56.2 Å². The maximum Gasteiger partial charge on any atom is 0.207 e. The van der Waals surface area contributed by atoms with Crippen molar-refractivity contribution in [2.45, 2.75) is 32.4 Å². The Balaban J connectivity index is 0.000000165. The number of nitriles is 1. The average molecular weight is 1270 g/mol. The molecule has 0 fully saturated rings. The van der Waals surface area contributed by atoms with E-state index in [1.165, 1.54) is 26.1 Å². The molecule has 0 aliphatic heterocycles. The highest BCUT2D eigenvalue weighted by Crippen LogP contribution is 2.36. The standard InChI is InChI=1S/C18H25FN6O2Si.C13H11N7O.C12H11FN6O.C4HCl2FN2.C4H3ClFN3/c1-26-15-8-14-12(9-23-25(14)11-27-5-6-28(2,3)4)7-13(15)24-18-16(19)17(20)21-10-22-18;1-21-11-3-9-7(5-18-20-9)2-10(11)19-13-8(4-14)12(15)16-6-17-13;1-20-9-3-7-6(4-17-19-7)2-8(9)18-12-10(13)11(14)15-5-16-12;5-3-2(7)4(6)9-1-8-3;5-3-2(6)4(7)9-1-8-3/h7-10H,5-6,11H2,1-4H3,(H3,20,21,22,24);2-3,5-6H,1H3,(H,18,20)(H3,15,16,17,19);2-5H,1H3,(H,17,19)(H3,14,15,16,18);1H;1H,(H2,7,8,9). The molecule has 0 radical (unpaired) electrons. The summed E-state index contributed by atoms with van der Waals surface area (Å²) in [5.41, 5.74) is 26.1. The fraction of sp³-hybridized carbons (Fsp3) is 0.176. The number of fused-ring (bicyclic) bond motifs is 3. The first-order valence-corrected chi connectivity index (χ1v) is 29.7. The van der Waals surface area contributed by atoms with Gasteiger partial charge in [-0.05, 0) is 24.2 Å². The number of nitrogen functional groups attached to an aromatic ring is 4. The fourth-order valence-electron chi connectivity index (χ4n) is 7.10. The summed E-state index contributed by atoms with van der Waals surface area (Å²) in [5.74, 6) is -1.57. The van der Waals surface area contributed by atoms with Crippen LogP contribution in [0.1, 0.15) is 5.56 Å². The minimum atomic E-state index is -1.13. The molecule has 0 unspecified atom stereocenters. The number of rotatable bonds is 14. The number of benzene rings is 3. The number of anilines is 10. The van der Waals surface area contributed by atoms with E-state index in [9.17, 15) is 17.6 Å². The van der Waals surface area contributed by atoms with Gasteiger partial charge in [-0.25, -0.2) is 58.9 Å². The number of ether oxygens (including phenoxy) is 4. The van der Waals surface area contributed by atoms with Crippen LogP contribution in [-0.2, 0) is 11.5 Å². The molecule has 452 valence electrons. The number of nitrogens with one attached hydrogen (secondary N) is 5. The lowest BCUT2D eigenvalue weighted by molar-refractivity contribution is 0.0817. The van der Waals surface area contributed by atoms with Gasteiger partial charge in [-0.15, -0.1) is 0 Å². The number of hydrogen-bond acceptors (Lipinski definition) is 25. The molecule has 0 amide bonds. The van der Waals surface area contributed by atoms with Crippen LogP contribution in [0.3, 0.4) is 0 Å². The minimum absolute atomic E-state index is 0.0151. The Labute approximate surface area is 506 Å². The Morgan fingerprint density at radius 3 is 1.40 bits per heavy atom. The van der Waals surface area contributed by atoms with Crippen molar-refractivity contribution in [1.82, 2.24) is 80.0 Å². The number of methoxy groups -OCH3 is 3. The average Bonchev–Trinajstić information content (AvgIpc) is 3.64. The van der Waals surface area contributed by atoms with Gasteiger partial charge in [0.25, 0.3) is 0 Å². The molecule has 28 nitrogen and oxygen atoms in total. The summed E-state index contributed by atoms with van der Waals surface area (Å²) in [7, 11) is 3.49. The van der Waals surface area contributed by atoms with Crippen molar-refractivity contribution in [2.24, 2.45) is 0 Å². The predicted octanol–water partition coefficient (Wildman–Crippen LogP) is 9.77. The zero-order valence-corrected chi connectivity index (χ0v) is 49.8. The molecule has 0 saturated carbocycles. The van der Waals surface area contributed by atoms with E-state index in [1.54, 1.807) is 55.7 Å². The van der Waals surface area contributed by atoms with Crippen molar-refractivity contribution in [2.75, 3.05) is 66.8 Å². The molecule has 0 aliphatic carbocycles. The fourth-order valence-corrected chi connectivity index (χ4v) is 8.31. The molecule has 11 aromatic rings. The maximum atomic E-state index is 14.1. The quantitative estimate of drug-likeness (QED) is 0.0211. The largest absolute Gasteiger partial charge is 0.494 e. The molecule has 8 aromatic heterocycles. The van der Waals surface area contributed by atoms with Crippen molar-refractivity contribution in [3.63, 3.8) is 0 Å². The first-order chi connectivity index (χ1) is 41.6. The van der Waals surface area contributed by atoms with Gasteiger partial charge in [0, 0.05) is 49.0 Å². The first kappa shape index (κ1) is 64.3. The van der Waals surface area contributed by atoms with Crippen LogP contribution in [0, 0.1) is 34.6 Å². The van der Waals surface area contributed by atoms with Crippen LogP contribution in [-0.4, -0.2) is 116 Å². The highest BCUT2D eigenvalue weighted by atomic mass is 35.5. The molecule has 0 spiro atoms. The second-order valence-electron chi connectivity index (χ2n) is 18.6. The molecule has 3 aromatic carbocycles. The Hall–Kier alpha value is -10.3. The van der Waals surface area contributed by atoms with Gasteiger partial charge in [-0.1, -0.05) is 54.4 Å². The van der Waals surface area contributed by atoms with Crippen LogP contribution in [0.4, 0.5) is 75.3 Å². The SMILES string of the molecule is COc1cc2[nH]ncc2cc1Nc1ncnc(N)c1C#N.COc1cc2[nH]ncc2cc1Nc1ncnc(N)c1F.COc1cc2c(cnn2COCC[Si](C)(C)C)cc1Nc1ncnc(N)c1F.Fc1c(Cl)ncnc1Cl.Nc1ncnc(Cl)c1F. The Bertz CT molecular complexity index is 4120. The third kappa shape index (κ3) is 16.8. The van der Waals surface area contributed by atoms with E-state index < -0.39 is 31.3 Å². The third-order valence-corrected chi connectivity index (χ3v) is 14.0. The Kier molecular flexibility index (Phi) is 21.8. The summed E-state index contributed by atoms with van der Waals surface area (Å²) in [6.45, 7) is 8.01. The van der Waals surface area contributed by atoms with Crippen molar-refractivity contribution < 1.29 is 36.5 Å². The van der Waals surface area contributed by atoms with Gasteiger partial charge in [0.05, 0.1) is 73.5 Å². The maximum absolute atomic E-state index is 14.1. The topological polar surface area (TPSA) is 405 Å². The molecular formula is C51H51Cl3F4N24O4Si. The number of H-pyrrole nitrogens is 2. The highest BCUT2D eigenvalue weighted by Gasteiger charge is 2.18. The van der Waals surface area contributed by atoms with E-state index >= 15 is 0 Å². The van der Waals surface area contributed by atoms with Crippen LogP contribution in [0.2, 0.25) is 41.1 Å². The van der Waals surface area contributed by atoms with Crippen LogP contribution < -0.4 is 53.1 Å². The molecule has 0 atom stereocenters. The van der Waals surface area contributed by atoms with Gasteiger partial charge >= 0.3 is 0 Å². The second-order valence-corrected chi connectivity index (χ2v) is 25.3. The molecule has 13 N–H and O–H groups in total. The summed E-state index contributed by atoms with van der Waals surface area (Å²) < 4.78 is 76.2. The second kappa shape index (κ2) is 29.5. The normalized spacial score (nSPS) is 10.7. The van der Waals surface area contributed by atoms with E-state index in [0.29, 0.717) is 53.5 Å². The number of nitrogens with zero attached hydrogens (tertiary/aromatic N) is 15. The van der Waals surface area contributed by atoms with Gasteiger partial charge in [-0.3, -0.25) is 10.2 Å². The molecule has 36 heteroatoms. The molecule has 11 rings (SSSR count). The summed E-state index contributed by atoms with van der Waals surface area (Å²) in [4.78, 5) is 36.1. The molecular weight excluding hydrogens is 1220 g/mol. The van der Waals surface area contributed by atoms with Crippen LogP contribution in [0.15, 0.2) is 86.6 Å². The van der Waals surface area contributed by atoms with Crippen LogP contribution >= 0.6 is 34.8 Å². The van der Waals surface area contributed by atoms with E-state index in [1.807, 2.05) is 24.3 Å². The lowest BCUT2D eigenvalue weighted by Gasteiger charge is -2.15. The third-order valence-electron chi connectivity index (χ3n) is 11.6. The molecule has 87 heavy (non-hydrogen) atoms. The zero-order valence-electron chi connectivity index (χ0n) is 46.5. The van der Waals surface area contributed by atoms with Gasteiger partial charge in [0.1, 0.15) is 73.1 Å². The predicted molar refractivity (Wildman–Crippen MR) is 323 cm³/mol. The zero-order chi connectivity index (χ0) is 63.0. The van der Waals surface area contributed by atoms with Crippen LogP contribution in [0.25, 0.3) is 32.7 Å². The number of nitrogens with two attached hydrogens (primary N) is 4. The Morgan fingerprint density at radius 2 is 0.954 bits per heavy atom. The molecule has 0 saturated heterocycles. The molecule has 0 bridgehead atoms. The smallest absolute Gasteiger partial charge is 0.207 e. The van der Waals surface area contributed by atoms with Crippen molar-refractivity contribution in [3.8, 4) is 23.3 Å². The Morgan fingerprint density at radius 1 is 0.540 bits per heavy atom. The highest BCUT2D eigenvalue weighted by molar-refractivity contribution is 6.76. The number of halogens is 7. The summed E-state index contributed by atoms with van der Waals surface area (Å²) in [6, 6.07) is 13.9. The number of hydrogen-bond donors (Lipinski definition) is 9. The van der Waals surface area contributed by atoms with Crippen LogP contribution in [0.5, 0.6) is 17.2 Å². The van der Waals surface area contributed by atoms with E-state index in [4.69, 9.17) is 81.9 Å². The molecule has 8 heterocycles. The van der Waals surface area contributed by atoms with E-state index in [-0.39, 0.29) is 55.9 Å². The van der Waals surface area contributed by atoms with Crippen molar-refractivity contribution in [1.29, 1.82) is 5.26 Å². The van der Waals surface area contributed by atoms with E-state index in [2.05, 4.69) is 111 Å². The summed E-state index contributed by atoms with van der Waals surface area (Å²) in [5, 5.41) is 37.8. The lowest BCUT2D eigenvalue weighted by Crippen LogP contribution is -2.22. The summed E-state index contributed by atoms with van der Waals surface area (Å²) >= 11 is 15.6. The number of aromatic amines is 2. The van der Waals surface area contributed by atoms with Gasteiger partial charge < -0.3 is 57.8 Å². The lowest BCUT2D eigenvalue weighted by atomic mass is 10.2. The van der Waals surface area contributed by atoms with E-state index in [0.717, 1.165) is 51.4 Å². The van der Waals surface area contributed by atoms with Crippen molar-refractivity contribution >= 4 is 133 Å². The summed E-state index contributed by atoms with van der Waals surface area (Å²) in [6.07, 6.45) is 10.9. The molecule has 0 aliphatic rings. The van der Waals surface area contributed by atoms with Gasteiger partial charge in [-0.2, -0.15) is 33.7 Å². The first-order valence-electron chi connectivity index (χ1n) is 24.8. The van der Waals surface area contributed by atoms with Crippen molar-refractivity contribution in [3.05, 3.63) is 131 Å². The number of aromatic nitrogens is 16. The van der Waals surface area contributed by atoms with Gasteiger partial charge in [0.2, 0.25) is 17.5 Å². The monoisotopic (exact) mass is 1270 g/mol.